The fourth-order valence-electron chi connectivity index (χ4n) is 3.82. The Morgan fingerprint density at radius 3 is 1.94 bits per heavy atom. The van der Waals surface area contributed by atoms with Gasteiger partial charge in [-0.25, -0.2) is 0 Å². The van der Waals surface area contributed by atoms with Crippen molar-refractivity contribution in [1.29, 1.82) is 0 Å². The number of hydrogen-bond acceptors (Lipinski definition) is 3. The average molecular weight is 428 g/mol. The van der Waals surface area contributed by atoms with Gasteiger partial charge in [0.25, 0.3) is 17.7 Å². The second-order valence-corrected chi connectivity index (χ2v) is 7.85. The number of nitrogens with one attached hydrogen (secondary N) is 3. The van der Waals surface area contributed by atoms with Crippen molar-refractivity contribution in [3.63, 3.8) is 0 Å². The highest BCUT2D eigenvalue weighted by atomic mass is 16.2. The summed E-state index contributed by atoms with van der Waals surface area (Å²) in [5, 5.41) is 8.70. The van der Waals surface area contributed by atoms with Gasteiger partial charge in [-0.15, -0.1) is 0 Å². The molecule has 6 heteroatoms. The minimum absolute atomic E-state index is 0.174. The van der Waals surface area contributed by atoms with Gasteiger partial charge in [0.15, 0.2) is 0 Å². The monoisotopic (exact) mass is 427 g/mol. The second-order valence-electron chi connectivity index (χ2n) is 7.85. The highest BCUT2D eigenvalue weighted by molar-refractivity contribution is 6.09. The zero-order valence-electron chi connectivity index (χ0n) is 17.6. The molecule has 0 radical (unpaired) electrons. The molecule has 1 aliphatic carbocycles. The molecule has 0 aromatic heterocycles. The van der Waals surface area contributed by atoms with E-state index in [0.29, 0.717) is 28.1 Å². The molecule has 4 rings (SSSR count). The van der Waals surface area contributed by atoms with Crippen LogP contribution >= 0.6 is 0 Å². The third-order valence-electron chi connectivity index (χ3n) is 5.55. The molecule has 0 unspecified atom stereocenters. The molecule has 0 spiro atoms. The SMILES string of the molecule is O=C(Nc1ccc(C(=O)Nc2ccccc2C(=O)NC2CCCC2)cc1)c1ccccc1. The lowest BCUT2D eigenvalue weighted by Crippen LogP contribution is -2.33. The van der Waals surface area contributed by atoms with Crippen molar-refractivity contribution < 1.29 is 14.4 Å². The van der Waals surface area contributed by atoms with Gasteiger partial charge < -0.3 is 16.0 Å². The smallest absolute Gasteiger partial charge is 0.255 e. The Morgan fingerprint density at radius 2 is 1.22 bits per heavy atom. The van der Waals surface area contributed by atoms with Crippen LogP contribution in [0.4, 0.5) is 11.4 Å². The van der Waals surface area contributed by atoms with E-state index < -0.39 is 0 Å². The molecule has 3 aromatic rings. The number of para-hydroxylation sites is 1. The van der Waals surface area contributed by atoms with E-state index in [1.807, 2.05) is 6.07 Å². The normalized spacial score (nSPS) is 13.4. The van der Waals surface area contributed by atoms with E-state index in [-0.39, 0.29) is 23.8 Å². The molecular weight excluding hydrogens is 402 g/mol. The first-order valence-corrected chi connectivity index (χ1v) is 10.8. The summed E-state index contributed by atoms with van der Waals surface area (Å²) < 4.78 is 0. The number of amides is 3. The van der Waals surface area contributed by atoms with Crippen LogP contribution in [0.5, 0.6) is 0 Å². The number of rotatable bonds is 6. The minimum atomic E-state index is -0.327. The number of hydrogen-bond donors (Lipinski definition) is 3. The van der Waals surface area contributed by atoms with E-state index in [2.05, 4.69) is 16.0 Å². The van der Waals surface area contributed by atoms with E-state index >= 15 is 0 Å². The Bertz CT molecular complexity index is 1100. The van der Waals surface area contributed by atoms with Crippen LogP contribution in [-0.4, -0.2) is 23.8 Å². The molecule has 0 bridgehead atoms. The zero-order chi connectivity index (χ0) is 22.3. The van der Waals surface area contributed by atoms with Gasteiger partial charge in [-0.05, 0) is 61.4 Å². The van der Waals surface area contributed by atoms with E-state index in [4.69, 9.17) is 0 Å². The van der Waals surface area contributed by atoms with Crippen LogP contribution in [0.2, 0.25) is 0 Å². The summed E-state index contributed by atoms with van der Waals surface area (Å²) in [5.74, 6) is -0.719. The number of benzene rings is 3. The standard InChI is InChI=1S/C26H25N3O3/c30-24(18-8-2-1-3-9-18)27-21-16-14-19(15-17-21)25(31)29-23-13-7-6-12-22(23)26(32)28-20-10-4-5-11-20/h1-3,6-9,12-17,20H,4-5,10-11H2,(H,27,30)(H,28,32)(H,29,31). The van der Waals surface area contributed by atoms with Crippen molar-refractivity contribution in [2.24, 2.45) is 0 Å². The van der Waals surface area contributed by atoms with Gasteiger partial charge in [0.05, 0.1) is 11.3 Å². The number of anilines is 2. The summed E-state index contributed by atoms with van der Waals surface area (Å²) in [5.41, 5.74) is 2.48. The van der Waals surface area contributed by atoms with Crippen LogP contribution in [-0.2, 0) is 0 Å². The maximum atomic E-state index is 12.8. The quantitative estimate of drug-likeness (QED) is 0.525. The molecule has 1 aliphatic rings. The van der Waals surface area contributed by atoms with Crippen molar-refractivity contribution in [3.8, 4) is 0 Å². The Labute approximate surface area is 187 Å². The molecule has 1 saturated carbocycles. The lowest BCUT2D eigenvalue weighted by Gasteiger charge is -2.15. The van der Waals surface area contributed by atoms with Gasteiger partial charge >= 0.3 is 0 Å². The molecule has 0 atom stereocenters. The van der Waals surface area contributed by atoms with Crippen molar-refractivity contribution in [3.05, 3.63) is 95.6 Å². The van der Waals surface area contributed by atoms with Crippen molar-refractivity contribution in [2.75, 3.05) is 10.6 Å². The first kappa shape index (κ1) is 21.3. The van der Waals surface area contributed by atoms with Gasteiger partial charge in [-0.3, -0.25) is 14.4 Å². The molecule has 6 nitrogen and oxygen atoms in total. The molecule has 32 heavy (non-hydrogen) atoms. The molecule has 3 N–H and O–H groups in total. The van der Waals surface area contributed by atoms with Crippen molar-refractivity contribution in [2.45, 2.75) is 31.7 Å². The average Bonchev–Trinajstić information content (AvgIpc) is 3.33. The summed E-state index contributed by atoms with van der Waals surface area (Å²) in [6.07, 6.45) is 4.25. The third-order valence-corrected chi connectivity index (χ3v) is 5.55. The molecule has 3 amide bonds. The predicted octanol–water partition coefficient (Wildman–Crippen LogP) is 4.86. The zero-order valence-corrected chi connectivity index (χ0v) is 17.6. The maximum Gasteiger partial charge on any atom is 0.255 e. The number of carbonyl (C=O) groups excluding carboxylic acids is 3. The Balaban J connectivity index is 1.41. The molecule has 1 fully saturated rings. The molecule has 3 aromatic carbocycles. The van der Waals surface area contributed by atoms with E-state index in [1.54, 1.807) is 72.8 Å². The summed E-state index contributed by atoms with van der Waals surface area (Å²) in [7, 11) is 0. The van der Waals surface area contributed by atoms with Crippen LogP contribution in [0.15, 0.2) is 78.9 Å². The van der Waals surface area contributed by atoms with Gasteiger partial charge in [0.1, 0.15) is 0 Å². The van der Waals surface area contributed by atoms with Crippen LogP contribution in [0.1, 0.15) is 56.8 Å². The largest absolute Gasteiger partial charge is 0.349 e. The van der Waals surface area contributed by atoms with Crippen LogP contribution in [0, 0.1) is 0 Å². The van der Waals surface area contributed by atoms with Crippen LogP contribution < -0.4 is 16.0 Å². The fraction of sp³-hybridized carbons (Fsp3) is 0.192. The second kappa shape index (κ2) is 9.92. The minimum Gasteiger partial charge on any atom is -0.349 e. The topological polar surface area (TPSA) is 87.3 Å². The van der Waals surface area contributed by atoms with Gasteiger partial charge in [-0.1, -0.05) is 43.2 Å². The van der Waals surface area contributed by atoms with Crippen molar-refractivity contribution >= 4 is 29.1 Å². The first-order valence-electron chi connectivity index (χ1n) is 10.8. The molecule has 0 aliphatic heterocycles. The van der Waals surface area contributed by atoms with Gasteiger partial charge in [-0.2, -0.15) is 0 Å². The Kier molecular flexibility index (Phi) is 6.60. The first-order chi connectivity index (χ1) is 15.6. The number of carbonyl (C=O) groups is 3. The van der Waals surface area contributed by atoms with E-state index in [9.17, 15) is 14.4 Å². The van der Waals surface area contributed by atoms with E-state index in [1.165, 1.54) is 0 Å². The molecular formula is C26H25N3O3. The third kappa shape index (κ3) is 5.21. The summed E-state index contributed by atoms with van der Waals surface area (Å²) in [6.45, 7) is 0. The fourth-order valence-corrected chi connectivity index (χ4v) is 3.82. The summed E-state index contributed by atoms with van der Waals surface area (Å²) >= 11 is 0. The Morgan fingerprint density at radius 1 is 0.625 bits per heavy atom. The molecule has 162 valence electrons. The maximum absolute atomic E-state index is 12.8. The highest BCUT2D eigenvalue weighted by Crippen LogP contribution is 2.21. The lowest BCUT2D eigenvalue weighted by molar-refractivity contribution is 0.0938. The molecule has 0 saturated heterocycles. The van der Waals surface area contributed by atoms with Crippen LogP contribution in [0.25, 0.3) is 0 Å². The van der Waals surface area contributed by atoms with Crippen LogP contribution in [0.3, 0.4) is 0 Å². The highest BCUT2D eigenvalue weighted by Gasteiger charge is 2.20. The van der Waals surface area contributed by atoms with E-state index in [0.717, 1.165) is 25.7 Å². The predicted molar refractivity (Wildman–Crippen MR) is 125 cm³/mol. The van der Waals surface area contributed by atoms with Gasteiger partial charge in [0, 0.05) is 22.9 Å². The van der Waals surface area contributed by atoms with Gasteiger partial charge in [0.2, 0.25) is 0 Å². The summed E-state index contributed by atoms with van der Waals surface area (Å²) in [6, 6.07) is 22.7. The summed E-state index contributed by atoms with van der Waals surface area (Å²) in [4.78, 5) is 37.7. The molecule has 0 heterocycles. The Hall–Kier alpha value is -3.93. The lowest BCUT2D eigenvalue weighted by atomic mass is 10.1. The van der Waals surface area contributed by atoms with Crippen molar-refractivity contribution in [1.82, 2.24) is 5.32 Å².